The third-order valence-corrected chi connectivity index (χ3v) is 4.10. The smallest absolute Gasteiger partial charge is 0.148 e. The maximum absolute atomic E-state index is 5.90. The van der Waals surface area contributed by atoms with E-state index in [4.69, 9.17) is 10.5 Å². The van der Waals surface area contributed by atoms with Crippen molar-refractivity contribution in [1.82, 2.24) is 9.55 Å². The van der Waals surface area contributed by atoms with E-state index < -0.39 is 0 Å². The Hall–Kier alpha value is -0.850. The maximum Gasteiger partial charge on any atom is 0.148 e. The molecule has 0 radical (unpaired) electrons. The summed E-state index contributed by atoms with van der Waals surface area (Å²) in [5.41, 5.74) is 7.76. The molecule has 2 aromatic rings. The van der Waals surface area contributed by atoms with E-state index in [-0.39, 0.29) is 0 Å². The molecular weight excluding hydrogens is 386 g/mol. The van der Waals surface area contributed by atoms with Gasteiger partial charge in [0, 0.05) is 13.1 Å². The van der Waals surface area contributed by atoms with Crippen molar-refractivity contribution in [2.24, 2.45) is 5.73 Å². The average Bonchev–Trinajstić information content (AvgIpc) is 2.85. The third kappa shape index (κ3) is 3.62. The molecular formula is C14H17Br2N3O. The van der Waals surface area contributed by atoms with Gasteiger partial charge in [0.15, 0.2) is 0 Å². The predicted molar refractivity (Wildman–Crippen MR) is 86.6 cm³/mol. The molecule has 20 heavy (non-hydrogen) atoms. The van der Waals surface area contributed by atoms with Crippen molar-refractivity contribution >= 4 is 31.9 Å². The van der Waals surface area contributed by atoms with Crippen LogP contribution in [0.1, 0.15) is 24.6 Å². The second-order valence-corrected chi connectivity index (χ2v) is 6.17. The van der Waals surface area contributed by atoms with Gasteiger partial charge in [0.25, 0.3) is 0 Å². The van der Waals surface area contributed by atoms with Gasteiger partial charge in [-0.15, -0.1) is 0 Å². The highest BCUT2D eigenvalue weighted by Crippen LogP contribution is 2.35. The molecule has 108 valence electrons. The van der Waals surface area contributed by atoms with Crippen LogP contribution in [0.15, 0.2) is 33.6 Å². The van der Waals surface area contributed by atoms with Gasteiger partial charge in [-0.3, -0.25) is 0 Å². The molecule has 0 saturated carbocycles. The van der Waals surface area contributed by atoms with E-state index in [9.17, 15) is 0 Å². The number of halogens is 2. The normalized spacial score (nSPS) is 10.8. The molecule has 0 unspecified atom stereocenters. The van der Waals surface area contributed by atoms with Crippen molar-refractivity contribution in [3.05, 3.63) is 44.9 Å². The summed E-state index contributed by atoms with van der Waals surface area (Å²) in [4.78, 5) is 4.17. The van der Waals surface area contributed by atoms with E-state index >= 15 is 0 Å². The number of imidazole rings is 1. The Balaban J connectivity index is 2.13. The van der Waals surface area contributed by atoms with E-state index in [1.807, 2.05) is 24.7 Å². The number of aromatic nitrogens is 2. The number of aryl methyl sites for hydroxylation is 1. The van der Waals surface area contributed by atoms with E-state index in [1.54, 1.807) is 0 Å². The quantitative estimate of drug-likeness (QED) is 0.798. The van der Waals surface area contributed by atoms with Gasteiger partial charge < -0.3 is 15.0 Å². The number of hydrogen-bond donors (Lipinski definition) is 1. The zero-order valence-electron chi connectivity index (χ0n) is 11.3. The number of ether oxygens (including phenoxy) is 1. The summed E-state index contributed by atoms with van der Waals surface area (Å²) in [5, 5.41) is 0. The minimum atomic E-state index is 0.485. The molecule has 0 amide bonds. The number of benzene rings is 1. The first-order chi connectivity index (χ1) is 9.65. The number of nitrogens with two attached hydrogens (primary N) is 1. The molecule has 4 nitrogen and oxygen atoms in total. The van der Waals surface area contributed by atoms with Gasteiger partial charge in [0.2, 0.25) is 0 Å². The van der Waals surface area contributed by atoms with Gasteiger partial charge in [0.05, 0.1) is 27.2 Å². The van der Waals surface area contributed by atoms with Crippen LogP contribution in [-0.2, 0) is 19.7 Å². The second kappa shape index (κ2) is 7.24. The van der Waals surface area contributed by atoms with Gasteiger partial charge in [0.1, 0.15) is 12.4 Å². The van der Waals surface area contributed by atoms with Crippen LogP contribution in [0, 0.1) is 0 Å². The summed E-state index contributed by atoms with van der Waals surface area (Å²) in [7, 11) is 0. The molecule has 0 fully saturated rings. The molecule has 1 heterocycles. The second-order valence-electron chi connectivity index (χ2n) is 4.46. The summed E-state index contributed by atoms with van der Waals surface area (Å²) < 4.78 is 9.80. The van der Waals surface area contributed by atoms with Crippen LogP contribution in [-0.4, -0.2) is 9.55 Å². The molecule has 0 aliphatic rings. The minimum Gasteiger partial charge on any atom is -0.485 e. The van der Waals surface area contributed by atoms with Crippen LogP contribution in [0.5, 0.6) is 5.75 Å². The standard InChI is InChI=1S/C14H17Br2N3O/c1-2-3-19-9-18-7-11(19)8-20-14-12(15)4-10(6-17)5-13(14)16/h4-5,7,9H,2-3,6,8,17H2,1H3. The molecule has 0 atom stereocenters. The summed E-state index contributed by atoms with van der Waals surface area (Å²) in [6, 6.07) is 3.95. The van der Waals surface area contributed by atoms with Crippen LogP contribution in [0.2, 0.25) is 0 Å². The summed E-state index contributed by atoms with van der Waals surface area (Å²) in [6.45, 7) is 4.08. The highest BCUT2D eigenvalue weighted by Gasteiger charge is 2.10. The summed E-state index contributed by atoms with van der Waals surface area (Å²) >= 11 is 7.04. The molecule has 0 saturated heterocycles. The largest absolute Gasteiger partial charge is 0.485 e. The molecule has 2 rings (SSSR count). The molecule has 1 aromatic carbocycles. The molecule has 0 aliphatic heterocycles. The van der Waals surface area contributed by atoms with Gasteiger partial charge >= 0.3 is 0 Å². The molecule has 0 bridgehead atoms. The molecule has 6 heteroatoms. The van der Waals surface area contributed by atoms with Gasteiger partial charge in [-0.2, -0.15) is 0 Å². The van der Waals surface area contributed by atoms with Crippen molar-refractivity contribution in [2.75, 3.05) is 0 Å². The summed E-state index contributed by atoms with van der Waals surface area (Å²) in [5.74, 6) is 0.784. The zero-order chi connectivity index (χ0) is 14.5. The first-order valence-electron chi connectivity index (χ1n) is 6.45. The first-order valence-corrected chi connectivity index (χ1v) is 8.04. The van der Waals surface area contributed by atoms with E-state index in [1.165, 1.54) is 0 Å². The maximum atomic E-state index is 5.90. The lowest BCUT2D eigenvalue weighted by Crippen LogP contribution is -2.06. The summed E-state index contributed by atoms with van der Waals surface area (Å²) in [6.07, 6.45) is 4.75. The lowest BCUT2D eigenvalue weighted by Gasteiger charge is -2.13. The number of rotatable bonds is 6. The zero-order valence-corrected chi connectivity index (χ0v) is 14.4. The lowest BCUT2D eigenvalue weighted by molar-refractivity contribution is 0.291. The van der Waals surface area contributed by atoms with Crippen LogP contribution >= 0.6 is 31.9 Å². The third-order valence-electron chi connectivity index (χ3n) is 2.92. The van der Waals surface area contributed by atoms with Crippen LogP contribution in [0.3, 0.4) is 0 Å². The van der Waals surface area contributed by atoms with Crippen molar-refractivity contribution in [3.63, 3.8) is 0 Å². The highest BCUT2D eigenvalue weighted by molar-refractivity contribution is 9.11. The number of nitrogens with zero attached hydrogens (tertiary/aromatic N) is 2. The SMILES string of the molecule is CCCn1cncc1COc1c(Br)cc(CN)cc1Br. The molecule has 1 aromatic heterocycles. The fourth-order valence-electron chi connectivity index (χ4n) is 1.92. The van der Waals surface area contributed by atoms with Gasteiger partial charge in [-0.05, 0) is 56.0 Å². The minimum absolute atomic E-state index is 0.485. The topological polar surface area (TPSA) is 53.1 Å². The van der Waals surface area contributed by atoms with Crippen molar-refractivity contribution in [1.29, 1.82) is 0 Å². The average molecular weight is 403 g/mol. The van der Waals surface area contributed by atoms with Crippen molar-refractivity contribution < 1.29 is 4.74 Å². The lowest BCUT2D eigenvalue weighted by atomic mass is 10.2. The molecule has 0 spiro atoms. The molecule has 2 N–H and O–H groups in total. The Labute approximate surface area is 135 Å². The Morgan fingerprint density at radius 2 is 2.00 bits per heavy atom. The first kappa shape index (κ1) is 15.5. The van der Waals surface area contributed by atoms with Crippen LogP contribution < -0.4 is 10.5 Å². The molecule has 0 aliphatic carbocycles. The monoisotopic (exact) mass is 401 g/mol. The Morgan fingerprint density at radius 1 is 1.30 bits per heavy atom. The van der Waals surface area contributed by atoms with E-state index in [2.05, 4.69) is 48.3 Å². The van der Waals surface area contributed by atoms with E-state index in [0.717, 1.165) is 38.9 Å². The van der Waals surface area contributed by atoms with Gasteiger partial charge in [-0.1, -0.05) is 6.92 Å². The fourth-order valence-corrected chi connectivity index (χ4v) is 3.44. The van der Waals surface area contributed by atoms with Crippen molar-refractivity contribution in [2.45, 2.75) is 33.0 Å². The Kier molecular flexibility index (Phi) is 5.63. The predicted octanol–water partition coefficient (Wildman–Crippen LogP) is 3.86. The van der Waals surface area contributed by atoms with Gasteiger partial charge in [-0.25, -0.2) is 4.98 Å². The number of hydrogen-bond acceptors (Lipinski definition) is 3. The van der Waals surface area contributed by atoms with Crippen LogP contribution in [0.4, 0.5) is 0 Å². The Bertz CT molecular complexity index is 561. The van der Waals surface area contributed by atoms with Crippen LogP contribution in [0.25, 0.3) is 0 Å². The van der Waals surface area contributed by atoms with Crippen molar-refractivity contribution in [3.8, 4) is 5.75 Å². The highest BCUT2D eigenvalue weighted by atomic mass is 79.9. The fraction of sp³-hybridized carbons (Fsp3) is 0.357. The van der Waals surface area contributed by atoms with E-state index in [0.29, 0.717) is 13.2 Å². The Morgan fingerprint density at radius 3 is 2.60 bits per heavy atom.